The molecule has 1 N–H and O–H groups in total. The third kappa shape index (κ3) is 14.6. The van der Waals surface area contributed by atoms with Gasteiger partial charge in [-0.1, -0.05) is 0 Å². The first-order valence-corrected chi connectivity index (χ1v) is 15.7. The van der Waals surface area contributed by atoms with Gasteiger partial charge in [-0.05, 0) is 120 Å². The van der Waals surface area contributed by atoms with E-state index in [2.05, 4.69) is 9.97 Å². The van der Waals surface area contributed by atoms with Crippen LogP contribution < -0.4 is 9.80 Å². The molecule has 0 spiro atoms. The van der Waals surface area contributed by atoms with Crippen LogP contribution in [0.1, 0.15) is 115 Å². The number of rotatable bonds is 4. The molecule has 4 amide bonds. The Labute approximate surface area is 298 Å². The van der Waals surface area contributed by atoms with Crippen molar-refractivity contribution in [3.8, 4) is 0 Å². The fourth-order valence-electron chi connectivity index (χ4n) is 3.64. The largest absolute Gasteiger partial charge is 0.476 e. The number of nitrogens with zero attached hydrogens (tertiary/aromatic N) is 4. The molecule has 0 fully saturated rings. The van der Waals surface area contributed by atoms with Crippen LogP contribution in [0.4, 0.5) is 30.6 Å². The summed E-state index contributed by atoms with van der Waals surface area (Å²) in [5.41, 5.74) is -3.24. The molecular weight excluding hydrogens is 668 g/mol. The van der Waals surface area contributed by atoms with Crippen molar-refractivity contribution in [3.05, 3.63) is 47.0 Å². The maximum Gasteiger partial charge on any atom is 0.424 e. The van der Waals surface area contributed by atoms with E-state index in [4.69, 9.17) is 23.7 Å². The molecule has 2 aromatic rings. The molecule has 0 atom stereocenters. The molecule has 0 aromatic carbocycles. The van der Waals surface area contributed by atoms with Gasteiger partial charge in [-0.15, -0.1) is 0 Å². The monoisotopic (exact) mass is 718 g/mol. The molecule has 2 aromatic heterocycles. The third-order valence-corrected chi connectivity index (χ3v) is 5.38. The van der Waals surface area contributed by atoms with Crippen LogP contribution in [0.3, 0.4) is 0 Å². The number of hydrogen-bond donors (Lipinski definition) is 1. The van der Waals surface area contributed by atoms with E-state index in [1.807, 2.05) is 0 Å². The van der Waals surface area contributed by atoms with E-state index in [1.54, 1.807) is 96.9 Å². The van der Waals surface area contributed by atoms with Crippen LogP contribution in [-0.4, -0.2) is 80.9 Å². The lowest BCUT2D eigenvalue weighted by atomic mass is 10.2. The number of carbonyl (C=O) groups is 6. The molecule has 51 heavy (non-hydrogen) atoms. The lowest BCUT2D eigenvalue weighted by molar-refractivity contribution is 0.0406. The number of carbonyl (C=O) groups excluding carboxylic acids is 5. The Bertz CT molecular complexity index is 1570. The third-order valence-electron chi connectivity index (χ3n) is 5.38. The van der Waals surface area contributed by atoms with E-state index in [-0.39, 0.29) is 17.1 Å². The maximum atomic E-state index is 12.7. The fraction of sp³-hybridized carbons (Fsp3) is 0.543. The quantitative estimate of drug-likeness (QED) is 0.239. The average Bonchev–Trinajstić information content (AvgIpc) is 2.89. The Morgan fingerprint density at radius 1 is 0.549 bits per heavy atom. The number of anilines is 2. The molecule has 0 radical (unpaired) electrons. The average molecular weight is 719 g/mol. The topological polar surface area (TPSA) is 201 Å². The summed E-state index contributed by atoms with van der Waals surface area (Å²) >= 11 is 0. The summed E-state index contributed by atoms with van der Waals surface area (Å²) in [6.45, 7) is 23.1. The minimum absolute atomic E-state index is 0.0691. The van der Waals surface area contributed by atoms with Gasteiger partial charge >= 0.3 is 36.3 Å². The fourth-order valence-corrected chi connectivity index (χ4v) is 3.64. The summed E-state index contributed by atoms with van der Waals surface area (Å²) in [7, 11) is 1.18. The standard InChI is InChI=1S/C18H26N2O6.C17H24N2O6/c1-11-9-12(13(19-10-11)14(21)24-8)20(15(22)25-17(2,3)4)16(23)26-18(5,6)7;1-10-8-11(12(13(20)21)18-9-10)19(14(22)24-16(2,3)4)15(23)25-17(5,6)7/h9-10H,1-8H3;8-9H,1-7H3,(H,20,21). The van der Waals surface area contributed by atoms with E-state index in [9.17, 15) is 33.9 Å². The van der Waals surface area contributed by atoms with Crippen molar-refractivity contribution >= 4 is 47.7 Å². The smallest absolute Gasteiger partial charge is 0.424 e. The highest BCUT2D eigenvalue weighted by Crippen LogP contribution is 2.27. The van der Waals surface area contributed by atoms with E-state index in [1.165, 1.54) is 31.6 Å². The molecule has 2 heterocycles. The summed E-state index contributed by atoms with van der Waals surface area (Å²) in [6, 6.07) is 2.83. The van der Waals surface area contributed by atoms with Crippen LogP contribution in [0.2, 0.25) is 0 Å². The molecule has 0 saturated heterocycles. The number of hydrogen-bond acceptors (Lipinski definition) is 13. The van der Waals surface area contributed by atoms with Crippen LogP contribution in [0, 0.1) is 13.8 Å². The molecule has 282 valence electrons. The number of imide groups is 2. The lowest BCUT2D eigenvalue weighted by Crippen LogP contribution is -2.44. The Hall–Kier alpha value is -5.28. The minimum atomic E-state index is -1.38. The second kappa shape index (κ2) is 16.6. The van der Waals surface area contributed by atoms with Crippen molar-refractivity contribution in [3.63, 3.8) is 0 Å². The van der Waals surface area contributed by atoms with Gasteiger partial charge in [0.25, 0.3) is 0 Å². The van der Waals surface area contributed by atoms with Gasteiger partial charge in [0.1, 0.15) is 22.4 Å². The predicted octanol–water partition coefficient (Wildman–Crippen LogP) is 7.62. The summed E-state index contributed by atoms with van der Waals surface area (Å²) < 4.78 is 25.8. The van der Waals surface area contributed by atoms with Gasteiger partial charge < -0.3 is 28.8 Å². The van der Waals surface area contributed by atoms with Crippen molar-refractivity contribution in [1.29, 1.82) is 0 Å². The number of aromatic nitrogens is 2. The molecule has 0 aliphatic rings. The first kappa shape index (κ1) is 43.7. The highest BCUT2D eigenvalue weighted by atomic mass is 16.6. The Balaban J connectivity index is 0.000000510. The van der Waals surface area contributed by atoms with Crippen LogP contribution in [0.25, 0.3) is 0 Å². The second-order valence-electron chi connectivity index (χ2n) is 15.1. The zero-order valence-corrected chi connectivity index (χ0v) is 32.0. The first-order valence-electron chi connectivity index (χ1n) is 15.7. The van der Waals surface area contributed by atoms with Gasteiger partial charge in [0.2, 0.25) is 0 Å². The van der Waals surface area contributed by atoms with Crippen molar-refractivity contribution in [2.24, 2.45) is 0 Å². The van der Waals surface area contributed by atoms with E-state index < -0.39 is 64.4 Å². The van der Waals surface area contributed by atoms with Gasteiger partial charge in [0.05, 0.1) is 18.5 Å². The predicted molar refractivity (Wildman–Crippen MR) is 186 cm³/mol. The molecular formula is C35H50N4O12. The molecule has 0 aliphatic heterocycles. The highest BCUT2D eigenvalue weighted by Gasteiger charge is 2.37. The van der Waals surface area contributed by atoms with E-state index in [0.29, 0.717) is 20.9 Å². The van der Waals surface area contributed by atoms with Crippen molar-refractivity contribution < 1.29 is 57.6 Å². The van der Waals surface area contributed by atoms with Gasteiger partial charge in [-0.25, -0.2) is 38.7 Å². The van der Waals surface area contributed by atoms with Crippen LogP contribution >= 0.6 is 0 Å². The van der Waals surface area contributed by atoms with Gasteiger partial charge in [0, 0.05) is 12.4 Å². The number of amides is 4. The Morgan fingerprint density at radius 3 is 1.08 bits per heavy atom. The van der Waals surface area contributed by atoms with E-state index >= 15 is 0 Å². The number of methoxy groups -OCH3 is 1. The molecule has 16 heteroatoms. The SMILES string of the molecule is COC(=O)c1ncc(C)cc1N(C(=O)OC(C)(C)C)C(=O)OC(C)(C)C.Cc1cnc(C(=O)O)c(N(C(=O)OC(C)(C)C)C(=O)OC(C)(C)C)c1. The number of pyridine rings is 2. The highest BCUT2D eigenvalue weighted by molar-refractivity contribution is 6.13. The molecule has 0 bridgehead atoms. The summed E-state index contributed by atoms with van der Waals surface area (Å²) in [5.74, 6) is -2.18. The van der Waals surface area contributed by atoms with Gasteiger partial charge in [-0.2, -0.15) is 9.80 Å². The molecule has 0 unspecified atom stereocenters. The van der Waals surface area contributed by atoms with Gasteiger partial charge in [-0.3, -0.25) is 0 Å². The number of aryl methyl sites for hydroxylation is 2. The molecule has 0 aliphatic carbocycles. The molecule has 16 nitrogen and oxygen atoms in total. The number of esters is 1. The summed E-state index contributed by atoms with van der Waals surface area (Å²) in [6.07, 6.45) is -1.30. The number of carboxylic acid groups (broad SMARTS) is 1. The minimum Gasteiger partial charge on any atom is -0.476 e. The zero-order valence-electron chi connectivity index (χ0n) is 32.0. The van der Waals surface area contributed by atoms with E-state index in [0.717, 1.165) is 0 Å². The summed E-state index contributed by atoms with van der Waals surface area (Å²) in [4.78, 5) is 83.0. The van der Waals surface area contributed by atoms with Crippen molar-refractivity contribution in [2.45, 2.75) is 119 Å². The second-order valence-corrected chi connectivity index (χ2v) is 15.1. The number of carboxylic acids is 1. The van der Waals surface area contributed by atoms with Crippen LogP contribution in [-0.2, 0) is 23.7 Å². The van der Waals surface area contributed by atoms with Crippen LogP contribution in [0.5, 0.6) is 0 Å². The van der Waals surface area contributed by atoms with Crippen LogP contribution in [0.15, 0.2) is 24.5 Å². The number of ether oxygens (including phenoxy) is 5. The number of aromatic carboxylic acids is 1. The first-order chi connectivity index (χ1) is 23.0. The Kier molecular flexibility index (Phi) is 14.3. The zero-order chi connectivity index (χ0) is 39.9. The normalized spacial score (nSPS) is 11.6. The van der Waals surface area contributed by atoms with Crippen molar-refractivity contribution in [2.75, 3.05) is 16.9 Å². The molecule has 2 rings (SSSR count). The van der Waals surface area contributed by atoms with Gasteiger partial charge in [0.15, 0.2) is 11.4 Å². The van der Waals surface area contributed by atoms with Crippen molar-refractivity contribution in [1.82, 2.24) is 9.97 Å². The Morgan fingerprint density at radius 2 is 0.824 bits per heavy atom. The summed E-state index contributed by atoms with van der Waals surface area (Å²) in [5, 5.41) is 9.34. The molecule has 0 saturated carbocycles. The lowest BCUT2D eigenvalue weighted by Gasteiger charge is -2.29. The maximum absolute atomic E-state index is 12.7.